The second-order valence-electron chi connectivity index (χ2n) is 23.7. The number of carbonyl (C=O) groups is 2. The molecule has 42 heteroatoms. The van der Waals surface area contributed by atoms with Crippen molar-refractivity contribution in [2.45, 2.75) is 76.3 Å². The van der Waals surface area contributed by atoms with Crippen LogP contribution in [0.5, 0.6) is 0 Å². The maximum Gasteiger partial charge on any atom is 0.458 e. The van der Waals surface area contributed by atoms with Gasteiger partial charge in [-0.1, -0.05) is 36.0 Å². The molecule has 0 aromatic heterocycles. The van der Waals surface area contributed by atoms with Crippen LogP contribution >= 0.6 is 23.2 Å². The Morgan fingerprint density at radius 1 is 0.274 bits per heavy atom. The third-order valence-corrected chi connectivity index (χ3v) is 18.5. The summed E-state index contributed by atoms with van der Waals surface area (Å²) in [5, 5.41) is -0.440. The van der Waals surface area contributed by atoms with E-state index in [9.17, 15) is 53.5 Å². The normalized spacial score (nSPS) is 16.5. The van der Waals surface area contributed by atoms with E-state index in [0.717, 1.165) is 24.3 Å². The summed E-state index contributed by atoms with van der Waals surface area (Å²) in [6.45, 7) is -11.9. The lowest BCUT2D eigenvalue weighted by Crippen LogP contribution is -2.81. The van der Waals surface area contributed by atoms with E-state index < -0.39 is 268 Å². The zero-order valence-corrected chi connectivity index (χ0v) is 53.0. The van der Waals surface area contributed by atoms with Gasteiger partial charge in [0.15, 0.2) is 116 Å². The van der Waals surface area contributed by atoms with Crippen LogP contribution in [0.15, 0.2) is 48.5 Å². The zero-order chi connectivity index (χ0) is 78.0. The van der Waals surface area contributed by atoms with Crippen molar-refractivity contribution >= 4 is 93.3 Å². The standard InChI is InChI=1S/2C32H15BClF15N2O2/c2*34-10-6-8-12(9-7-10)51-32(52)50(11-4-2-1-3-5-11)31(13-16(35)22(41)28(47)23(42)17(13)36)53-33(51,14-18(37)24(43)29(48)25(44)19(14)38)15-20(39)26(45)30(49)27(46)21(15)40/h2*6-9,11H,1-5H2. The third-order valence-electron chi connectivity index (χ3n) is 18.0. The van der Waals surface area contributed by atoms with Crippen molar-refractivity contribution in [2.75, 3.05) is 9.62 Å². The summed E-state index contributed by atoms with van der Waals surface area (Å²) in [4.78, 5) is 29.1. The molecule has 0 radical (unpaired) electrons. The summed E-state index contributed by atoms with van der Waals surface area (Å²) in [7, 11) is 0. The molecular weight excluding hydrogens is 1550 g/mol. The fourth-order valence-electron chi connectivity index (χ4n) is 13.3. The quantitative estimate of drug-likeness (QED) is 0.0450. The highest BCUT2D eigenvalue weighted by Crippen LogP contribution is 2.42. The molecule has 8 aromatic rings. The first-order chi connectivity index (χ1) is 49.8. The Hall–Kier alpha value is -9.75. The third kappa shape index (κ3) is 11.7. The topological polar surface area (TPSA) is 65.1 Å². The summed E-state index contributed by atoms with van der Waals surface area (Å²) < 4.78 is 468. The van der Waals surface area contributed by atoms with Crippen LogP contribution in [0.1, 0.15) is 75.3 Å². The van der Waals surface area contributed by atoms with Gasteiger partial charge >= 0.3 is 25.0 Å². The van der Waals surface area contributed by atoms with E-state index in [4.69, 9.17) is 32.5 Å². The van der Waals surface area contributed by atoms with Gasteiger partial charge < -0.3 is 18.9 Å². The molecule has 12 rings (SSSR count). The lowest BCUT2D eigenvalue weighted by molar-refractivity contribution is -0.484. The first-order valence-corrected chi connectivity index (χ1v) is 30.8. The van der Waals surface area contributed by atoms with Crippen molar-refractivity contribution in [2.24, 2.45) is 0 Å². The van der Waals surface area contributed by atoms with E-state index in [0.29, 0.717) is 37.1 Å². The molecule has 0 spiro atoms. The fraction of sp³-hybridized carbons (Fsp3) is 0.188. The lowest BCUT2D eigenvalue weighted by Gasteiger charge is -2.50. The number of amides is 4. The summed E-state index contributed by atoms with van der Waals surface area (Å²) in [5.41, 5.74) is -17.1. The van der Waals surface area contributed by atoms with Gasteiger partial charge in [0.2, 0.25) is 11.6 Å². The van der Waals surface area contributed by atoms with Gasteiger partial charge in [-0.2, -0.15) is 9.15 Å². The van der Waals surface area contributed by atoms with E-state index in [2.05, 4.69) is 0 Å². The zero-order valence-electron chi connectivity index (χ0n) is 51.5. The van der Waals surface area contributed by atoms with Crippen LogP contribution in [0.2, 0.25) is 10.0 Å². The number of carbonyl (C=O) groups excluding carboxylic acids is 2. The first kappa shape index (κ1) is 77.4. The molecule has 2 aliphatic carbocycles. The van der Waals surface area contributed by atoms with Crippen molar-refractivity contribution in [3.05, 3.63) is 244 Å². The molecule has 0 saturated heterocycles. The average molecular weight is 1580 g/mol. The largest absolute Gasteiger partial charge is 0.640 e. The SMILES string of the molecule is O=C1N(c2ccc(Cl)cc2)[B-](c2c(F)c(F)c(F)c(F)c2F)(c2c(F)c(F)c(F)c(F)c2F)OC(c2c(F)c(F)c(F)c(F)c2F)=[N+]1C1CCCCC1.O=C1N(c2ccc(Cl)cc2)[B-](c2c(F)c(F)c(F)c(F)c2F)(c2c(F)c(F)c(F)c(F)c2F)OC(c2c(F)c(F)c(F)c(F)c2F)=[N+]1C1CCCCC1. The van der Waals surface area contributed by atoms with E-state index in [-0.39, 0.29) is 80.2 Å². The Kier molecular flexibility index (Phi) is 20.8. The predicted octanol–water partition coefficient (Wildman–Crippen LogP) is 16.9. The van der Waals surface area contributed by atoms with Gasteiger partial charge in [0.1, 0.15) is 69.7 Å². The second-order valence-corrected chi connectivity index (χ2v) is 24.6. The number of hydrogen-bond acceptors (Lipinski definition) is 4. The summed E-state index contributed by atoms with van der Waals surface area (Å²) in [5.74, 6) is -92.7. The van der Waals surface area contributed by atoms with Crippen LogP contribution in [-0.2, 0) is 9.31 Å². The molecule has 2 fully saturated rings. The maximum absolute atomic E-state index is 16.1. The molecular formula is C64H30B2Cl2F30N4O4. The summed E-state index contributed by atoms with van der Waals surface area (Å²) in [6.07, 6.45) is 0.748. The Labute approximate surface area is 581 Å². The summed E-state index contributed by atoms with van der Waals surface area (Å²) >= 11 is 11.8. The molecule has 560 valence electrons. The Morgan fingerprint density at radius 2 is 0.453 bits per heavy atom. The Morgan fingerprint density at radius 3 is 0.651 bits per heavy atom. The molecule has 0 unspecified atom stereocenters. The number of rotatable bonds is 10. The molecule has 8 nitrogen and oxygen atoms in total. The Bertz CT molecular complexity index is 4530. The minimum Gasteiger partial charge on any atom is -0.640 e. The van der Waals surface area contributed by atoms with Gasteiger partial charge in [0.25, 0.3) is 11.8 Å². The lowest BCUT2D eigenvalue weighted by atomic mass is 9.38. The number of nitrogens with zero attached hydrogens (tertiary/aromatic N) is 4. The van der Waals surface area contributed by atoms with Crippen LogP contribution in [0.4, 0.5) is 153 Å². The predicted molar refractivity (Wildman–Crippen MR) is 311 cm³/mol. The highest BCUT2D eigenvalue weighted by Gasteiger charge is 2.65. The highest BCUT2D eigenvalue weighted by atomic mass is 35.5. The minimum atomic E-state index is -5.93. The Balaban J connectivity index is 0.000000212. The van der Waals surface area contributed by atoms with E-state index in [1.54, 1.807) is 0 Å². The minimum absolute atomic E-state index is 0.129. The van der Waals surface area contributed by atoms with Gasteiger partial charge in [0.05, 0.1) is 11.4 Å². The van der Waals surface area contributed by atoms with E-state index in [1.807, 2.05) is 0 Å². The van der Waals surface area contributed by atoms with Gasteiger partial charge in [-0.15, -0.1) is 0 Å². The highest BCUT2D eigenvalue weighted by molar-refractivity contribution is 7.04. The monoisotopic (exact) mass is 1580 g/mol. The smallest absolute Gasteiger partial charge is 0.458 e. The number of anilines is 2. The van der Waals surface area contributed by atoms with Gasteiger partial charge in [-0.05, 0) is 122 Å². The average Bonchev–Trinajstić information content (AvgIpc) is 0.691. The van der Waals surface area contributed by atoms with Crippen LogP contribution in [0, 0.1) is 175 Å². The van der Waals surface area contributed by atoms with Gasteiger partial charge in [-0.3, -0.25) is 0 Å². The molecule has 0 atom stereocenters. The molecule has 8 aromatic carbocycles. The second kappa shape index (κ2) is 28.5. The number of urea groups is 2. The molecule has 106 heavy (non-hydrogen) atoms. The maximum atomic E-state index is 16.1. The van der Waals surface area contributed by atoms with Crippen molar-refractivity contribution in [1.82, 2.24) is 0 Å². The molecule has 0 bridgehead atoms. The molecule has 2 saturated carbocycles. The molecule has 2 heterocycles. The van der Waals surface area contributed by atoms with Gasteiger partial charge in [0, 0.05) is 10.0 Å². The molecule has 4 amide bonds. The molecule has 4 aliphatic rings. The van der Waals surface area contributed by atoms with E-state index >= 15 is 87.8 Å². The van der Waals surface area contributed by atoms with Gasteiger partial charge in [-0.25, -0.2) is 141 Å². The van der Waals surface area contributed by atoms with Crippen molar-refractivity contribution in [3.8, 4) is 0 Å². The van der Waals surface area contributed by atoms with Crippen LogP contribution < -0.4 is 31.5 Å². The first-order valence-electron chi connectivity index (χ1n) is 30.1. The van der Waals surface area contributed by atoms with Crippen molar-refractivity contribution in [3.63, 3.8) is 0 Å². The van der Waals surface area contributed by atoms with E-state index in [1.165, 1.54) is 0 Å². The number of halogens is 32. The van der Waals surface area contributed by atoms with Crippen molar-refractivity contribution in [1.29, 1.82) is 0 Å². The van der Waals surface area contributed by atoms with Crippen molar-refractivity contribution < 1.29 is 160 Å². The molecule has 0 N–H and O–H groups in total. The fourth-order valence-corrected chi connectivity index (χ4v) is 13.5. The van der Waals surface area contributed by atoms with Crippen LogP contribution in [0.3, 0.4) is 0 Å². The summed E-state index contributed by atoms with van der Waals surface area (Å²) in [6, 6.07) is -0.827. The van der Waals surface area contributed by atoms with Crippen LogP contribution in [-0.4, -0.2) is 58.1 Å². The number of hydrogen-bond donors (Lipinski definition) is 0. The molecule has 2 aliphatic heterocycles. The van der Waals surface area contributed by atoms with Crippen LogP contribution in [0.25, 0.3) is 0 Å². The number of benzene rings is 8.